The molecule has 2 atom stereocenters. The highest BCUT2D eigenvalue weighted by molar-refractivity contribution is 5.94. The van der Waals surface area contributed by atoms with Gasteiger partial charge < -0.3 is 14.6 Å². The van der Waals surface area contributed by atoms with Crippen LogP contribution < -0.4 is 5.32 Å². The molecule has 0 spiro atoms. The van der Waals surface area contributed by atoms with Crippen LogP contribution in [-0.2, 0) is 0 Å². The van der Waals surface area contributed by atoms with E-state index in [-0.39, 0.29) is 5.91 Å². The fourth-order valence-corrected chi connectivity index (χ4v) is 2.87. The number of carbonyl (C=O) groups is 1. The molecule has 0 bridgehead atoms. The summed E-state index contributed by atoms with van der Waals surface area (Å²) in [6, 6.07) is 2.63. The van der Waals surface area contributed by atoms with E-state index in [1.807, 2.05) is 4.90 Å². The molecule has 1 N–H and O–H groups in total. The summed E-state index contributed by atoms with van der Waals surface area (Å²) in [5.74, 6) is 0.118. The van der Waals surface area contributed by atoms with E-state index >= 15 is 0 Å². The molecule has 16 heavy (non-hydrogen) atoms. The van der Waals surface area contributed by atoms with Gasteiger partial charge in [-0.15, -0.1) is 0 Å². The summed E-state index contributed by atoms with van der Waals surface area (Å²) in [5.41, 5.74) is 0.674. The third-order valence-electron chi connectivity index (χ3n) is 3.65. The van der Waals surface area contributed by atoms with Crippen molar-refractivity contribution in [1.82, 2.24) is 10.2 Å². The molecule has 0 saturated carbocycles. The number of amides is 1. The van der Waals surface area contributed by atoms with Gasteiger partial charge in [0.25, 0.3) is 5.91 Å². The van der Waals surface area contributed by atoms with Crippen molar-refractivity contribution in [3.63, 3.8) is 0 Å². The highest BCUT2D eigenvalue weighted by Gasteiger charge is 2.37. The molecule has 2 aliphatic rings. The number of hydrogen-bond donors (Lipinski definition) is 1. The Morgan fingerprint density at radius 2 is 2.44 bits per heavy atom. The third-order valence-corrected chi connectivity index (χ3v) is 3.65. The first-order valence-electron chi connectivity index (χ1n) is 5.93. The van der Waals surface area contributed by atoms with E-state index in [9.17, 15) is 4.79 Å². The first kappa shape index (κ1) is 9.90. The minimum Gasteiger partial charge on any atom is -0.472 e. The molecule has 3 rings (SSSR count). The zero-order chi connectivity index (χ0) is 11.0. The molecule has 3 heterocycles. The predicted octanol–water partition coefficient (Wildman–Crippen LogP) is 1.25. The molecule has 2 unspecified atom stereocenters. The van der Waals surface area contributed by atoms with E-state index in [4.69, 9.17) is 4.42 Å². The van der Waals surface area contributed by atoms with E-state index < -0.39 is 0 Å². The van der Waals surface area contributed by atoms with E-state index in [2.05, 4.69) is 5.32 Å². The maximum absolute atomic E-state index is 12.2. The number of rotatable bonds is 1. The standard InChI is InChI=1S/C12H16N2O2/c15-12(9-4-7-16-8-9)14-6-1-2-10-11(14)3-5-13-10/h4,7-8,10-11,13H,1-3,5-6H2. The lowest BCUT2D eigenvalue weighted by atomic mass is 9.97. The fraction of sp³-hybridized carbons (Fsp3) is 0.583. The molecule has 0 aromatic carbocycles. The molecular formula is C12H16N2O2. The molecule has 0 radical (unpaired) electrons. The molecule has 4 heteroatoms. The summed E-state index contributed by atoms with van der Waals surface area (Å²) in [6.45, 7) is 1.91. The highest BCUT2D eigenvalue weighted by atomic mass is 16.3. The van der Waals surface area contributed by atoms with Gasteiger partial charge in [0.1, 0.15) is 6.26 Å². The molecular weight excluding hydrogens is 204 g/mol. The van der Waals surface area contributed by atoms with Crippen LogP contribution in [0.15, 0.2) is 23.0 Å². The fourth-order valence-electron chi connectivity index (χ4n) is 2.87. The number of nitrogens with one attached hydrogen (secondary N) is 1. The van der Waals surface area contributed by atoms with Crippen LogP contribution in [-0.4, -0.2) is 36.0 Å². The van der Waals surface area contributed by atoms with Crippen LogP contribution in [0.3, 0.4) is 0 Å². The first-order chi connectivity index (χ1) is 7.86. The molecule has 2 saturated heterocycles. The van der Waals surface area contributed by atoms with Crippen LogP contribution in [0.1, 0.15) is 29.6 Å². The second-order valence-electron chi connectivity index (χ2n) is 4.57. The zero-order valence-corrected chi connectivity index (χ0v) is 9.19. The average Bonchev–Trinajstić information content (AvgIpc) is 2.98. The van der Waals surface area contributed by atoms with Crippen molar-refractivity contribution in [3.8, 4) is 0 Å². The minimum absolute atomic E-state index is 0.118. The SMILES string of the molecule is O=C(c1ccoc1)N1CCCC2NCCC21. The lowest BCUT2D eigenvalue weighted by Gasteiger charge is -2.37. The summed E-state index contributed by atoms with van der Waals surface area (Å²) >= 11 is 0. The summed E-state index contributed by atoms with van der Waals surface area (Å²) in [6.07, 6.45) is 6.46. The average molecular weight is 220 g/mol. The molecule has 1 amide bonds. The van der Waals surface area contributed by atoms with Crippen molar-refractivity contribution in [1.29, 1.82) is 0 Å². The molecule has 1 aromatic heterocycles. The van der Waals surface area contributed by atoms with E-state index in [1.165, 1.54) is 12.7 Å². The number of likely N-dealkylation sites (tertiary alicyclic amines) is 1. The summed E-state index contributed by atoms with van der Waals surface area (Å²) in [4.78, 5) is 14.3. The van der Waals surface area contributed by atoms with Crippen LogP contribution in [0.5, 0.6) is 0 Å². The van der Waals surface area contributed by atoms with Gasteiger partial charge in [-0.2, -0.15) is 0 Å². The van der Waals surface area contributed by atoms with Gasteiger partial charge in [0.2, 0.25) is 0 Å². The van der Waals surface area contributed by atoms with Crippen LogP contribution >= 0.6 is 0 Å². The molecule has 2 fully saturated rings. The molecule has 86 valence electrons. The number of fused-ring (bicyclic) bond motifs is 1. The second-order valence-corrected chi connectivity index (χ2v) is 4.57. The Balaban J connectivity index is 1.80. The van der Waals surface area contributed by atoms with Crippen LogP contribution in [0.2, 0.25) is 0 Å². The normalized spacial score (nSPS) is 29.1. The minimum atomic E-state index is 0.118. The number of nitrogens with zero attached hydrogens (tertiary/aromatic N) is 1. The van der Waals surface area contributed by atoms with Gasteiger partial charge in [-0.25, -0.2) is 0 Å². The maximum atomic E-state index is 12.2. The number of carbonyl (C=O) groups excluding carboxylic acids is 1. The Hall–Kier alpha value is -1.29. The Bertz CT molecular complexity index is 374. The zero-order valence-electron chi connectivity index (χ0n) is 9.19. The van der Waals surface area contributed by atoms with Crippen molar-refractivity contribution in [2.75, 3.05) is 13.1 Å². The summed E-state index contributed by atoms with van der Waals surface area (Å²) in [7, 11) is 0. The topological polar surface area (TPSA) is 45.5 Å². The molecule has 4 nitrogen and oxygen atoms in total. The Morgan fingerprint density at radius 1 is 1.50 bits per heavy atom. The quantitative estimate of drug-likeness (QED) is 0.774. The van der Waals surface area contributed by atoms with Gasteiger partial charge in [-0.1, -0.05) is 0 Å². The van der Waals surface area contributed by atoms with E-state index in [0.29, 0.717) is 17.6 Å². The van der Waals surface area contributed by atoms with Crippen LogP contribution in [0.4, 0.5) is 0 Å². The largest absolute Gasteiger partial charge is 0.472 e. The van der Waals surface area contributed by atoms with Gasteiger partial charge in [-0.05, 0) is 31.9 Å². The molecule has 1 aromatic rings. The lowest BCUT2D eigenvalue weighted by Crippen LogP contribution is -2.50. The van der Waals surface area contributed by atoms with Gasteiger partial charge in [0, 0.05) is 18.6 Å². The van der Waals surface area contributed by atoms with Crippen molar-refractivity contribution < 1.29 is 9.21 Å². The second kappa shape index (κ2) is 3.94. The monoisotopic (exact) mass is 220 g/mol. The first-order valence-corrected chi connectivity index (χ1v) is 5.93. The van der Waals surface area contributed by atoms with Crippen LogP contribution in [0.25, 0.3) is 0 Å². The van der Waals surface area contributed by atoms with Gasteiger partial charge >= 0.3 is 0 Å². The van der Waals surface area contributed by atoms with E-state index in [0.717, 1.165) is 25.9 Å². The van der Waals surface area contributed by atoms with E-state index in [1.54, 1.807) is 12.3 Å². The Kier molecular flexibility index (Phi) is 2.44. The number of hydrogen-bond acceptors (Lipinski definition) is 3. The Labute approximate surface area is 94.6 Å². The van der Waals surface area contributed by atoms with Crippen LogP contribution in [0, 0.1) is 0 Å². The van der Waals surface area contributed by atoms with Crippen molar-refractivity contribution in [2.24, 2.45) is 0 Å². The highest BCUT2D eigenvalue weighted by Crippen LogP contribution is 2.25. The number of piperidine rings is 1. The Morgan fingerprint density at radius 3 is 3.25 bits per heavy atom. The van der Waals surface area contributed by atoms with Gasteiger partial charge in [0.05, 0.1) is 11.8 Å². The van der Waals surface area contributed by atoms with Gasteiger partial charge in [0.15, 0.2) is 0 Å². The molecule has 2 aliphatic heterocycles. The predicted molar refractivity (Wildman–Crippen MR) is 59.2 cm³/mol. The van der Waals surface area contributed by atoms with Crippen molar-refractivity contribution >= 4 is 5.91 Å². The summed E-state index contributed by atoms with van der Waals surface area (Å²) < 4.78 is 4.97. The number of furan rings is 1. The van der Waals surface area contributed by atoms with Crippen molar-refractivity contribution in [3.05, 3.63) is 24.2 Å². The van der Waals surface area contributed by atoms with Gasteiger partial charge in [-0.3, -0.25) is 4.79 Å². The lowest BCUT2D eigenvalue weighted by molar-refractivity contribution is 0.0599. The van der Waals surface area contributed by atoms with Crippen molar-refractivity contribution in [2.45, 2.75) is 31.3 Å². The summed E-state index contributed by atoms with van der Waals surface area (Å²) in [5, 5.41) is 3.47. The third kappa shape index (κ3) is 1.53. The maximum Gasteiger partial charge on any atom is 0.257 e. The molecule has 0 aliphatic carbocycles. The smallest absolute Gasteiger partial charge is 0.257 e.